The number of hydrogen-bond donors (Lipinski definition) is 2. The van der Waals surface area contributed by atoms with Crippen LogP contribution in [0.2, 0.25) is 0 Å². The molecule has 0 saturated carbocycles. The monoisotopic (exact) mass is 241 g/mol. The lowest BCUT2D eigenvalue weighted by molar-refractivity contribution is 0.0854. The zero-order valence-corrected chi connectivity index (χ0v) is 10.6. The van der Waals surface area contributed by atoms with E-state index in [2.05, 4.69) is 5.32 Å². The highest BCUT2D eigenvalue weighted by atomic mass is 32.1. The third kappa shape index (κ3) is 3.06. The minimum atomic E-state index is -0.174. The smallest absolute Gasteiger partial charge is 0.261 e. The summed E-state index contributed by atoms with van der Waals surface area (Å²) in [6.45, 7) is 4.73. The molecule has 1 aromatic rings. The average Bonchev–Trinajstić information content (AvgIpc) is 2.85. The Labute approximate surface area is 100 Å². The Morgan fingerprint density at radius 1 is 1.50 bits per heavy atom. The van der Waals surface area contributed by atoms with E-state index in [4.69, 9.17) is 0 Å². The van der Waals surface area contributed by atoms with Crippen molar-refractivity contribution in [3.8, 4) is 0 Å². The third-order valence-corrected chi connectivity index (χ3v) is 4.07. The quantitative estimate of drug-likeness (QED) is 0.802. The largest absolute Gasteiger partial charge is 0.396 e. The Balaban J connectivity index is 2.53. The molecule has 3 nitrogen and oxygen atoms in total. The highest BCUT2D eigenvalue weighted by Crippen LogP contribution is 2.24. The van der Waals surface area contributed by atoms with Crippen LogP contribution in [0.25, 0.3) is 0 Å². The fourth-order valence-corrected chi connectivity index (χ4v) is 2.18. The van der Waals surface area contributed by atoms with E-state index in [1.165, 1.54) is 11.3 Å². The van der Waals surface area contributed by atoms with Crippen molar-refractivity contribution in [3.05, 3.63) is 22.4 Å². The van der Waals surface area contributed by atoms with Gasteiger partial charge in [0, 0.05) is 12.0 Å². The van der Waals surface area contributed by atoms with Crippen LogP contribution in [-0.2, 0) is 0 Å². The summed E-state index contributed by atoms with van der Waals surface area (Å²) in [6.07, 6.45) is 1.73. The Kier molecular flexibility index (Phi) is 4.96. The van der Waals surface area contributed by atoms with Crippen molar-refractivity contribution < 1.29 is 9.90 Å². The predicted octanol–water partition coefficient (Wildman–Crippen LogP) is 2.28. The van der Waals surface area contributed by atoms with Crippen LogP contribution in [0.15, 0.2) is 17.5 Å². The molecule has 1 rings (SSSR count). The van der Waals surface area contributed by atoms with E-state index in [9.17, 15) is 9.90 Å². The van der Waals surface area contributed by atoms with Crippen LogP contribution in [0.5, 0.6) is 0 Å². The van der Waals surface area contributed by atoms with E-state index in [-0.39, 0.29) is 17.9 Å². The van der Waals surface area contributed by atoms with E-state index in [0.717, 1.165) is 17.7 Å². The van der Waals surface area contributed by atoms with Gasteiger partial charge in [0.25, 0.3) is 5.91 Å². The second-order valence-electron chi connectivity index (χ2n) is 4.03. The molecular formula is C12H19NO2S. The number of aliphatic hydroxyl groups is 1. The van der Waals surface area contributed by atoms with Crippen molar-refractivity contribution in [3.63, 3.8) is 0 Å². The Morgan fingerprint density at radius 3 is 2.62 bits per heavy atom. The van der Waals surface area contributed by atoms with Gasteiger partial charge < -0.3 is 10.4 Å². The van der Waals surface area contributed by atoms with Crippen molar-refractivity contribution >= 4 is 17.2 Å². The molecule has 0 saturated heterocycles. The molecule has 1 amide bonds. The minimum absolute atomic E-state index is 0.0466. The van der Waals surface area contributed by atoms with E-state index >= 15 is 0 Å². The normalized spacial score (nSPS) is 11.4. The second-order valence-corrected chi connectivity index (χ2v) is 4.97. The van der Waals surface area contributed by atoms with Crippen molar-refractivity contribution in [2.45, 2.75) is 26.7 Å². The minimum Gasteiger partial charge on any atom is -0.396 e. The van der Waals surface area contributed by atoms with Crippen molar-refractivity contribution in [2.75, 3.05) is 13.2 Å². The highest BCUT2D eigenvalue weighted by Gasteiger charge is 2.25. The van der Waals surface area contributed by atoms with Gasteiger partial charge in [0.15, 0.2) is 0 Å². The molecular weight excluding hydrogens is 222 g/mol. The van der Waals surface area contributed by atoms with Crippen LogP contribution < -0.4 is 5.32 Å². The van der Waals surface area contributed by atoms with Crippen molar-refractivity contribution in [2.24, 2.45) is 5.41 Å². The summed E-state index contributed by atoms with van der Waals surface area (Å²) < 4.78 is 0. The van der Waals surface area contributed by atoms with Gasteiger partial charge in [-0.1, -0.05) is 19.9 Å². The fourth-order valence-electron chi connectivity index (χ4n) is 1.54. The SMILES string of the molecule is CCC(CC)(CO)CNC(=O)c1cccs1. The lowest BCUT2D eigenvalue weighted by atomic mass is 9.83. The molecule has 0 fully saturated rings. The van der Waals surface area contributed by atoms with Gasteiger partial charge in [-0.3, -0.25) is 4.79 Å². The molecule has 0 atom stereocenters. The van der Waals surface area contributed by atoms with Crippen LogP contribution >= 0.6 is 11.3 Å². The first-order chi connectivity index (χ1) is 7.67. The van der Waals surface area contributed by atoms with Crippen molar-refractivity contribution in [1.29, 1.82) is 0 Å². The summed E-state index contributed by atoms with van der Waals surface area (Å²) >= 11 is 1.43. The van der Waals surface area contributed by atoms with Gasteiger partial charge in [-0.05, 0) is 24.3 Å². The molecule has 90 valence electrons. The number of carbonyl (C=O) groups excluding carboxylic acids is 1. The molecule has 2 N–H and O–H groups in total. The Hall–Kier alpha value is -0.870. The summed E-state index contributed by atoms with van der Waals surface area (Å²) in [5, 5.41) is 14.1. The average molecular weight is 241 g/mol. The van der Waals surface area contributed by atoms with E-state index < -0.39 is 0 Å². The summed E-state index contributed by atoms with van der Waals surface area (Å²) in [5.41, 5.74) is -0.174. The highest BCUT2D eigenvalue weighted by molar-refractivity contribution is 7.12. The maximum Gasteiger partial charge on any atom is 0.261 e. The van der Waals surface area contributed by atoms with Crippen LogP contribution in [0, 0.1) is 5.41 Å². The Morgan fingerprint density at radius 2 is 2.19 bits per heavy atom. The van der Waals surface area contributed by atoms with Gasteiger partial charge in [0.2, 0.25) is 0 Å². The van der Waals surface area contributed by atoms with E-state index in [1.54, 1.807) is 6.07 Å². The molecule has 0 aromatic carbocycles. The van der Waals surface area contributed by atoms with Gasteiger partial charge in [-0.2, -0.15) is 0 Å². The van der Waals surface area contributed by atoms with Crippen LogP contribution in [-0.4, -0.2) is 24.2 Å². The first kappa shape index (κ1) is 13.2. The topological polar surface area (TPSA) is 49.3 Å². The van der Waals surface area contributed by atoms with Crippen molar-refractivity contribution in [1.82, 2.24) is 5.32 Å². The lowest BCUT2D eigenvalue weighted by Gasteiger charge is -2.29. The molecule has 1 heterocycles. The molecule has 16 heavy (non-hydrogen) atoms. The first-order valence-electron chi connectivity index (χ1n) is 5.60. The maximum absolute atomic E-state index is 11.7. The summed E-state index contributed by atoms with van der Waals surface area (Å²) in [4.78, 5) is 12.4. The number of aliphatic hydroxyl groups excluding tert-OH is 1. The number of thiophene rings is 1. The van der Waals surface area contributed by atoms with Gasteiger partial charge >= 0.3 is 0 Å². The maximum atomic E-state index is 11.7. The Bertz CT molecular complexity index is 310. The zero-order chi connectivity index (χ0) is 12.0. The number of hydrogen-bond acceptors (Lipinski definition) is 3. The van der Waals surface area contributed by atoms with Gasteiger partial charge in [-0.25, -0.2) is 0 Å². The second kappa shape index (κ2) is 6.01. The third-order valence-electron chi connectivity index (χ3n) is 3.20. The van der Waals surface area contributed by atoms with Crippen LogP contribution in [0.3, 0.4) is 0 Å². The van der Waals surface area contributed by atoms with Gasteiger partial charge in [-0.15, -0.1) is 11.3 Å². The first-order valence-corrected chi connectivity index (χ1v) is 6.48. The molecule has 0 aliphatic heterocycles. The molecule has 0 aliphatic carbocycles. The van der Waals surface area contributed by atoms with Gasteiger partial charge in [0.1, 0.15) is 0 Å². The molecule has 0 bridgehead atoms. The summed E-state index contributed by atoms with van der Waals surface area (Å²) in [6, 6.07) is 3.66. The van der Waals surface area contributed by atoms with Crippen LogP contribution in [0.1, 0.15) is 36.4 Å². The lowest BCUT2D eigenvalue weighted by Crippen LogP contribution is -2.39. The summed E-state index contributed by atoms with van der Waals surface area (Å²) in [7, 11) is 0. The van der Waals surface area contributed by atoms with Gasteiger partial charge in [0.05, 0.1) is 11.5 Å². The number of carbonyl (C=O) groups is 1. The van der Waals surface area contributed by atoms with E-state index in [1.807, 2.05) is 25.3 Å². The standard InChI is InChI=1S/C12H19NO2S/c1-3-12(4-2,9-14)8-13-11(15)10-6-5-7-16-10/h5-7,14H,3-4,8-9H2,1-2H3,(H,13,15). The molecule has 1 aromatic heterocycles. The number of nitrogens with one attached hydrogen (secondary N) is 1. The molecule has 0 spiro atoms. The van der Waals surface area contributed by atoms with E-state index in [0.29, 0.717) is 6.54 Å². The fraction of sp³-hybridized carbons (Fsp3) is 0.583. The predicted molar refractivity (Wildman–Crippen MR) is 66.8 cm³/mol. The van der Waals surface area contributed by atoms with Crippen LogP contribution in [0.4, 0.5) is 0 Å². The zero-order valence-electron chi connectivity index (χ0n) is 9.82. The molecule has 0 aliphatic rings. The molecule has 0 unspecified atom stereocenters. The number of amides is 1. The molecule has 4 heteroatoms. The summed E-state index contributed by atoms with van der Waals surface area (Å²) in [5.74, 6) is -0.0466. The molecule has 0 radical (unpaired) electrons. The number of rotatable bonds is 6.